The first kappa shape index (κ1) is 12.8. The van der Waals surface area contributed by atoms with Gasteiger partial charge in [-0.3, -0.25) is 0 Å². The van der Waals surface area contributed by atoms with Crippen molar-refractivity contribution in [2.45, 2.75) is 12.6 Å². The molecule has 0 saturated carbocycles. The highest BCUT2D eigenvalue weighted by Gasteiger charge is 2.25. The van der Waals surface area contributed by atoms with Gasteiger partial charge in [0.15, 0.2) is 0 Å². The Kier molecular flexibility index (Phi) is 6.21. The second-order valence-corrected chi connectivity index (χ2v) is 3.41. The fourth-order valence-electron chi connectivity index (χ4n) is 0.632. The summed E-state index contributed by atoms with van der Waals surface area (Å²) in [7, 11) is 11.1. The van der Waals surface area contributed by atoms with Crippen LogP contribution in [-0.2, 0) is 9.53 Å². The van der Waals surface area contributed by atoms with E-state index >= 15 is 0 Å². The molecule has 0 unspecified atom stereocenters. The van der Waals surface area contributed by atoms with E-state index in [9.17, 15) is 4.79 Å². The van der Waals surface area contributed by atoms with E-state index in [-0.39, 0.29) is 12.0 Å². The number of alkyl halides is 1. The molecule has 0 aliphatic heterocycles. The van der Waals surface area contributed by atoms with Crippen molar-refractivity contribution in [3.63, 3.8) is 0 Å². The Hall–Kier alpha value is -0.180. The Morgan fingerprint density at radius 2 is 2.08 bits per heavy atom. The van der Waals surface area contributed by atoms with E-state index in [1.54, 1.807) is 0 Å². The lowest BCUT2D eigenvalue weighted by Gasteiger charge is -2.29. The minimum Gasteiger partial charge on any atom is -0.462 e. The lowest BCUT2D eigenvalue weighted by molar-refractivity contribution is -0.140. The van der Waals surface area contributed by atoms with Gasteiger partial charge in [-0.05, 0) is 5.41 Å². The quantitative estimate of drug-likeness (QED) is 0.303. The zero-order valence-corrected chi connectivity index (χ0v) is 9.05. The van der Waals surface area contributed by atoms with Crippen molar-refractivity contribution in [3.8, 4) is 0 Å². The van der Waals surface area contributed by atoms with Gasteiger partial charge in [-0.25, -0.2) is 4.79 Å². The molecule has 0 bridgehead atoms. The Bertz CT molecular complexity index is 173. The molecule has 0 rings (SSSR count). The van der Waals surface area contributed by atoms with E-state index in [4.69, 9.17) is 20.4 Å². The molecular formula is C8H11B2BrO2. The molecule has 0 N–H and O–H groups in total. The van der Waals surface area contributed by atoms with Gasteiger partial charge in [-0.15, -0.1) is 0 Å². The average Bonchev–Trinajstić information content (AvgIpc) is 2.20. The van der Waals surface area contributed by atoms with Crippen molar-refractivity contribution in [2.75, 3.05) is 11.9 Å². The first-order chi connectivity index (χ1) is 6.14. The fraction of sp³-hybridized carbons (Fsp3) is 0.625. The van der Waals surface area contributed by atoms with Gasteiger partial charge in [0.1, 0.15) is 0 Å². The van der Waals surface area contributed by atoms with Crippen LogP contribution in [0.1, 0.15) is 0 Å². The molecule has 0 aromatic carbocycles. The second kappa shape index (κ2) is 6.30. The number of esters is 1. The molecule has 0 saturated heterocycles. The highest BCUT2D eigenvalue weighted by molar-refractivity contribution is 9.09. The van der Waals surface area contributed by atoms with Crippen LogP contribution in [0.25, 0.3) is 0 Å². The summed E-state index contributed by atoms with van der Waals surface area (Å²) in [5.41, 5.74) is -0.362. The molecule has 68 valence electrons. The van der Waals surface area contributed by atoms with Gasteiger partial charge >= 0.3 is 5.97 Å². The monoisotopic (exact) mass is 240 g/mol. The van der Waals surface area contributed by atoms with Crippen molar-refractivity contribution >= 4 is 37.6 Å². The van der Waals surface area contributed by atoms with Gasteiger partial charge in [0.25, 0.3) is 0 Å². The van der Waals surface area contributed by atoms with E-state index < -0.39 is 5.97 Å². The third-order valence-electron chi connectivity index (χ3n) is 1.84. The van der Waals surface area contributed by atoms with Crippen LogP contribution < -0.4 is 0 Å². The zero-order chi connectivity index (χ0) is 10.3. The first-order valence-electron chi connectivity index (χ1n) is 3.89. The molecule has 0 aromatic heterocycles. The lowest BCUT2D eigenvalue weighted by Crippen LogP contribution is -2.29. The van der Waals surface area contributed by atoms with Gasteiger partial charge in [0.2, 0.25) is 0 Å². The van der Waals surface area contributed by atoms with Crippen molar-refractivity contribution in [1.29, 1.82) is 0 Å². The van der Waals surface area contributed by atoms with Gasteiger partial charge in [-0.2, -0.15) is 0 Å². The van der Waals surface area contributed by atoms with Crippen molar-refractivity contribution in [1.82, 2.24) is 0 Å². The van der Waals surface area contributed by atoms with Crippen LogP contribution in [0.5, 0.6) is 0 Å². The zero-order valence-electron chi connectivity index (χ0n) is 7.46. The lowest BCUT2D eigenvalue weighted by atomic mass is 9.70. The van der Waals surface area contributed by atoms with E-state index in [1.807, 2.05) is 0 Å². The third-order valence-corrected chi connectivity index (χ3v) is 3.03. The Morgan fingerprint density at radius 3 is 2.38 bits per heavy atom. The van der Waals surface area contributed by atoms with Gasteiger partial charge < -0.3 is 4.74 Å². The number of halogens is 1. The molecule has 0 amide bonds. The van der Waals surface area contributed by atoms with Crippen molar-refractivity contribution in [3.05, 3.63) is 12.7 Å². The topological polar surface area (TPSA) is 26.3 Å². The maximum Gasteiger partial charge on any atom is 0.330 e. The second-order valence-electron chi connectivity index (χ2n) is 2.85. The summed E-state index contributed by atoms with van der Waals surface area (Å²) in [6.45, 7) is 3.51. The molecule has 5 heteroatoms. The number of carbonyl (C=O) groups excluding carboxylic acids is 1. The molecule has 0 heterocycles. The fourth-order valence-corrected chi connectivity index (χ4v) is 1.25. The Morgan fingerprint density at radius 1 is 1.54 bits per heavy atom. The van der Waals surface area contributed by atoms with E-state index in [2.05, 4.69) is 22.5 Å². The molecule has 0 aliphatic carbocycles. The Balaban J connectivity index is 4.09. The third kappa shape index (κ3) is 4.03. The van der Waals surface area contributed by atoms with Gasteiger partial charge in [-0.1, -0.05) is 35.1 Å². The molecule has 2 nitrogen and oxygen atoms in total. The summed E-state index contributed by atoms with van der Waals surface area (Å²) in [5.74, 6) is -0.452. The minimum atomic E-state index is -0.452. The number of hydrogen-bond donors (Lipinski definition) is 0. The normalized spacial score (nSPS) is 10.8. The van der Waals surface area contributed by atoms with E-state index in [0.29, 0.717) is 18.0 Å². The number of carbonyl (C=O) groups is 1. The van der Waals surface area contributed by atoms with Crippen molar-refractivity contribution < 1.29 is 9.53 Å². The van der Waals surface area contributed by atoms with Crippen molar-refractivity contribution in [2.24, 2.45) is 5.41 Å². The number of hydrogen-bond acceptors (Lipinski definition) is 2. The van der Waals surface area contributed by atoms with Crippen LogP contribution in [0.2, 0.25) is 12.6 Å². The van der Waals surface area contributed by atoms with Gasteiger partial charge in [0.05, 0.1) is 22.3 Å². The molecule has 0 atom stereocenters. The predicted molar refractivity (Wildman–Crippen MR) is 58.5 cm³/mol. The van der Waals surface area contributed by atoms with Crippen LogP contribution >= 0.6 is 15.9 Å². The molecule has 13 heavy (non-hydrogen) atoms. The standard InChI is InChI=1S/C8H11B2BrO2/c1-2-7(12)13-6-8(3-9,4-10)5-11/h2H,1,3-6H2. The summed E-state index contributed by atoms with van der Waals surface area (Å²) >= 11 is 3.29. The van der Waals surface area contributed by atoms with E-state index in [1.165, 1.54) is 0 Å². The summed E-state index contributed by atoms with van der Waals surface area (Å²) in [4.78, 5) is 10.8. The Labute approximate surface area is 90.1 Å². The van der Waals surface area contributed by atoms with E-state index in [0.717, 1.165) is 6.08 Å². The summed E-state index contributed by atoms with van der Waals surface area (Å²) < 4.78 is 4.88. The molecular weight excluding hydrogens is 230 g/mol. The SMILES string of the molecule is [B]CC(C[B])(CBr)COC(=O)C=C. The highest BCUT2D eigenvalue weighted by Crippen LogP contribution is 2.28. The van der Waals surface area contributed by atoms with Gasteiger partial charge in [0, 0.05) is 11.4 Å². The molecule has 0 aliphatic rings. The summed E-state index contributed by atoms with van der Waals surface area (Å²) in [6.07, 6.45) is 1.87. The van der Waals surface area contributed by atoms with Crippen LogP contribution in [0.4, 0.5) is 0 Å². The molecule has 0 spiro atoms. The highest BCUT2D eigenvalue weighted by atomic mass is 79.9. The number of rotatable bonds is 6. The maximum absolute atomic E-state index is 10.8. The summed E-state index contributed by atoms with van der Waals surface area (Å²) in [6, 6.07) is 0. The van der Waals surface area contributed by atoms with Crippen LogP contribution in [0.15, 0.2) is 12.7 Å². The smallest absolute Gasteiger partial charge is 0.330 e. The maximum atomic E-state index is 10.8. The molecule has 4 radical (unpaired) electrons. The van der Waals surface area contributed by atoms with Crippen LogP contribution in [-0.4, -0.2) is 33.6 Å². The largest absolute Gasteiger partial charge is 0.462 e. The molecule has 0 aromatic rings. The predicted octanol–water partition coefficient (Wildman–Crippen LogP) is 1.27. The summed E-state index contributed by atoms with van der Waals surface area (Å²) in [5, 5.41) is 0.609. The van der Waals surface area contributed by atoms with Crippen LogP contribution in [0.3, 0.4) is 0 Å². The number of ether oxygens (including phenoxy) is 1. The minimum absolute atomic E-state index is 0.218. The van der Waals surface area contributed by atoms with Crippen LogP contribution in [0, 0.1) is 5.41 Å². The average molecular weight is 241 g/mol. The molecule has 0 fully saturated rings. The first-order valence-corrected chi connectivity index (χ1v) is 5.01.